The van der Waals surface area contributed by atoms with Gasteiger partial charge in [0.2, 0.25) is 0 Å². The normalized spacial score (nSPS) is 8.25. The highest BCUT2D eigenvalue weighted by molar-refractivity contribution is 7.35. The first-order chi connectivity index (χ1) is 1.91. The topological polar surface area (TPSA) is 29.1 Å². The van der Waals surface area contributed by atoms with Crippen molar-refractivity contribution in [1.82, 2.24) is 4.86 Å². The minimum Gasteiger partial charge on any atom is -0.0972 e. The summed E-state index contributed by atoms with van der Waals surface area (Å²) in [7, 11) is 1.71. The fraction of sp³-hybridized carbons (Fsp3) is 0. The lowest BCUT2D eigenvalue weighted by atomic mass is 13.9. The van der Waals surface area contributed by atoms with Crippen molar-refractivity contribution in [2.45, 2.75) is 0 Å². The van der Waals surface area contributed by atoms with E-state index >= 15 is 0 Å². The summed E-state index contributed by atoms with van der Waals surface area (Å²) < 4.78 is 9.19. The van der Waals surface area contributed by atoms with E-state index in [1.165, 1.54) is 0 Å². The molecule has 0 heterocycles. The highest BCUT2D eigenvalue weighted by Gasteiger charge is 1.62. The largest absolute Gasteiger partial charge is 0.421 e. The van der Waals surface area contributed by atoms with E-state index in [-0.39, 0.29) is 0 Å². The molecule has 0 radical (unpaired) electrons. The van der Waals surface area contributed by atoms with Gasteiger partial charge in [0.1, 0.15) is 0 Å². The van der Waals surface area contributed by atoms with Crippen molar-refractivity contribution in [3.8, 4) is 0 Å². The van der Waals surface area contributed by atoms with Crippen molar-refractivity contribution >= 4 is 18.0 Å². The Hall–Kier alpha value is 0.490. The molecule has 0 aliphatic carbocycles. The van der Waals surface area contributed by atoms with E-state index in [4.69, 9.17) is 0 Å². The van der Waals surface area contributed by atoms with Crippen molar-refractivity contribution in [3.63, 3.8) is 0 Å². The molecule has 4 heavy (non-hydrogen) atoms. The fourth-order valence-corrected chi connectivity index (χ4v) is 0. The molecular weight excluding hydrogens is 92.0 g/mol. The lowest BCUT2D eigenvalue weighted by molar-refractivity contribution is 0.598. The van der Waals surface area contributed by atoms with Crippen LogP contribution in [0.25, 0.3) is 0 Å². The van der Waals surface area contributed by atoms with E-state index in [0.29, 0.717) is 0 Å². The van der Waals surface area contributed by atoms with Crippen LogP contribution in [0.2, 0.25) is 0 Å². The third-order valence-electron chi connectivity index (χ3n) is 0.0589. The van der Waals surface area contributed by atoms with Gasteiger partial charge in [0, 0.05) is 0 Å². The molecule has 24 valence electrons. The van der Waals surface area contributed by atoms with Crippen molar-refractivity contribution in [1.29, 1.82) is 0 Å². The van der Waals surface area contributed by atoms with E-state index in [0.717, 1.165) is 0 Å². The van der Waals surface area contributed by atoms with E-state index in [1.54, 1.807) is 0 Å². The van der Waals surface area contributed by atoms with Crippen LogP contribution in [0.4, 0.5) is 0 Å². The molecule has 4 heteroatoms. The monoisotopic (exact) mass is 96.0 g/mol. The predicted molar refractivity (Wildman–Crippen MR) is 21.8 cm³/mol. The molecule has 0 fully saturated rings. The SMILES string of the molecule is O=[PH+]NP. The van der Waals surface area contributed by atoms with Gasteiger partial charge < -0.3 is 0 Å². The van der Waals surface area contributed by atoms with Gasteiger partial charge >= 0.3 is 8.61 Å². The maximum Gasteiger partial charge on any atom is 0.421 e. The molecular formula is H4NOP2+. The lowest BCUT2D eigenvalue weighted by Crippen LogP contribution is -1.59. The second-order valence-electron chi connectivity index (χ2n) is 0.246. The minimum atomic E-state index is -0.397. The first kappa shape index (κ1) is 4.49. The van der Waals surface area contributed by atoms with Crippen LogP contribution in [-0.4, -0.2) is 0 Å². The van der Waals surface area contributed by atoms with E-state index in [1.807, 2.05) is 0 Å². The Labute approximate surface area is 28.5 Å². The van der Waals surface area contributed by atoms with Gasteiger partial charge in [-0.2, -0.15) is 0 Å². The van der Waals surface area contributed by atoms with Gasteiger partial charge in [-0.1, -0.05) is 9.42 Å². The zero-order valence-corrected chi connectivity index (χ0v) is 4.14. The van der Waals surface area contributed by atoms with E-state index < -0.39 is 8.61 Å². The van der Waals surface area contributed by atoms with Crippen molar-refractivity contribution < 1.29 is 4.57 Å². The molecule has 2 unspecified atom stereocenters. The number of hydrogen-bond acceptors (Lipinski definition) is 1. The van der Waals surface area contributed by atoms with Crippen LogP contribution >= 0.6 is 18.0 Å². The Morgan fingerprint density at radius 1 is 2.00 bits per heavy atom. The third kappa shape index (κ3) is 2.49. The molecule has 0 amide bonds. The summed E-state index contributed by atoms with van der Waals surface area (Å²) in [4.78, 5) is 2.32. The molecule has 0 aromatic rings. The number of rotatable bonds is 1. The molecule has 0 rings (SSSR count). The minimum absolute atomic E-state index is 0.397. The quantitative estimate of drug-likeness (QED) is 0.476. The van der Waals surface area contributed by atoms with Crippen LogP contribution in [0, 0.1) is 0 Å². The summed E-state index contributed by atoms with van der Waals surface area (Å²) in [6.45, 7) is 0. The van der Waals surface area contributed by atoms with Crippen LogP contribution in [0.3, 0.4) is 0 Å². The Bertz CT molecular complexity index is 20.0. The Kier molecular flexibility index (Phi) is 3.92. The fourth-order valence-electron chi connectivity index (χ4n) is 0. The second kappa shape index (κ2) is 3.49. The van der Waals surface area contributed by atoms with Crippen molar-refractivity contribution in [2.75, 3.05) is 0 Å². The lowest BCUT2D eigenvalue weighted by Gasteiger charge is -1.45. The zero-order valence-electron chi connectivity index (χ0n) is 1.99. The summed E-state index contributed by atoms with van der Waals surface area (Å²) in [5, 5.41) is 0. The smallest absolute Gasteiger partial charge is 0.0972 e. The molecule has 2 nitrogen and oxygen atoms in total. The standard InChI is InChI=1S/H3NOP2/c2-4-1-3/h3H2,(H,1,2)/p+1. The average Bonchev–Trinajstić information content (AvgIpc) is 1.37. The first-order valence-electron chi connectivity index (χ1n) is 0.743. The van der Waals surface area contributed by atoms with Gasteiger partial charge in [-0.3, -0.25) is 0 Å². The van der Waals surface area contributed by atoms with Gasteiger partial charge in [0.05, 0.1) is 0 Å². The Morgan fingerprint density at radius 2 is 2.25 bits per heavy atom. The summed E-state index contributed by atoms with van der Waals surface area (Å²) in [5.41, 5.74) is 0. The second-order valence-corrected chi connectivity index (χ2v) is 1.61. The van der Waals surface area contributed by atoms with Gasteiger partial charge in [-0.25, -0.2) is 0 Å². The van der Waals surface area contributed by atoms with Crippen LogP contribution in [0.5, 0.6) is 0 Å². The summed E-state index contributed by atoms with van der Waals surface area (Å²) in [6.07, 6.45) is 0. The zero-order chi connectivity index (χ0) is 3.41. The number of nitrogens with one attached hydrogen (secondary N) is 1. The summed E-state index contributed by atoms with van der Waals surface area (Å²) >= 11 is 0. The Balaban J connectivity index is 2.30. The molecule has 0 aromatic carbocycles. The van der Waals surface area contributed by atoms with Crippen LogP contribution in [0.15, 0.2) is 0 Å². The maximum absolute atomic E-state index is 9.19. The molecule has 0 spiro atoms. The van der Waals surface area contributed by atoms with Gasteiger partial charge in [-0.05, 0) is 9.39 Å². The Morgan fingerprint density at radius 3 is 2.25 bits per heavy atom. The molecule has 0 aliphatic rings. The van der Waals surface area contributed by atoms with E-state index in [2.05, 4.69) is 14.2 Å². The van der Waals surface area contributed by atoms with Crippen LogP contribution < -0.4 is 4.86 Å². The van der Waals surface area contributed by atoms with E-state index in [9.17, 15) is 4.57 Å². The highest BCUT2D eigenvalue weighted by atomic mass is 31.1. The molecule has 0 aromatic heterocycles. The maximum atomic E-state index is 9.19. The van der Waals surface area contributed by atoms with Gasteiger partial charge in [-0.15, -0.1) is 0 Å². The van der Waals surface area contributed by atoms with Crippen molar-refractivity contribution in [2.24, 2.45) is 0 Å². The molecule has 0 aliphatic heterocycles. The molecule has 1 N–H and O–H groups in total. The molecule has 0 saturated carbocycles. The average molecular weight is 96.0 g/mol. The third-order valence-corrected chi connectivity index (χ3v) is 0.530. The molecule has 0 bridgehead atoms. The van der Waals surface area contributed by atoms with Gasteiger partial charge in [0.15, 0.2) is 0 Å². The number of hydrogen-bond donors (Lipinski definition) is 1. The summed E-state index contributed by atoms with van der Waals surface area (Å²) in [5.74, 6) is 0. The van der Waals surface area contributed by atoms with Gasteiger partial charge in [0.25, 0.3) is 0 Å². The highest BCUT2D eigenvalue weighted by Crippen LogP contribution is 1.81. The molecule has 0 saturated heterocycles. The summed E-state index contributed by atoms with van der Waals surface area (Å²) in [6, 6.07) is 0. The van der Waals surface area contributed by atoms with Crippen LogP contribution in [0.1, 0.15) is 0 Å². The predicted octanol–water partition coefficient (Wildman–Crippen LogP) is 0.305. The molecule has 2 atom stereocenters. The first-order valence-corrected chi connectivity index (χ1v) is 2.23. The van der Waals surface area contributed by atoms with Crippen molar-refractivity contribution in [3.05, 3.63) is 0 Å². The van der Waals surface area contributed by atoms with Crippen LogP contribution in [-0.2, 0) is 4.57 Å².